The van der Waals surface area contributed by atoms with Crippen LogP contribution in [0.3, 0.4) is 0 Å². The third-order valence-electron chi connectivity index (χ3n) is 2.62. The van der Waals surface area contributed by atoms with Gasteiger partial charge in [0.25, 0.3) is 0 Å². The van der Waals surface area contributed by atoms with E-state index < -0.39 is 34.6 Å². The number of hydrogen-bond donors (Lipinski definition) is 1. The molecule has 1 fully saturated rings. The van der Waals surface area contributed by atoms with E-state index in [-0.39, 0.29) is 18.1 Å². The zero-order valence-electron chi connectivity index (χ0n) is 8.87. The van der Waals surface area contributed by atoms with E-state index >= 15 is 0 Å². The summed E-state index contributed by atoms with van der Waals surface area (Å²) in [5.41, 5.74) is 5.56. The molecule has 0 spiro atoms. The number of likely N-dealkylation sites (N-methyl/N-ethyl adjacent to an activating group) is 1. The SMILES string of the molecule is CCN(CC(F)(F)F)C1CS(=O)(=O)CC1N. The molecule has 2 N–H and O–H groups in total. The molecular formula is C8H15F3N2O2S. The minimum Gasteiger partial charge on any atom is -0.325 e. The zero-order chi connectivity index (χ0) is 12.6. The van der Waals surface area contributed by atoms with Crippen molar-refractivity contribution in [2.45, 2.75) is 25.2 Å². The highest BCUT2D eigenvalue weighted by atomic mass is 32.2. The standard InChI is InChI=1S/C8H15F3N2O2S/c1-2-13(5-8(9,10)11)7-4-16(14,15)3-6(7)12/h6-7H,2-5,12H2,1H3. The molecule has 0 aliphatic carbocycles. The highest BCUT2D eigenvalue weighted by molar-refractivity contribution is 7.91. The van der Waals surface area contributed by atoms with Gasteiger partial charge in [-0.1, -0.05) is 6.92 Å². The maximum atomic E-state index is 12.2. The van der Waals surface area contributed by atoms with E-state index in [2.05, 4.69) is 0 Å². The first kappa shape index (κ1) is 13.7. The van der Waals surface area contributed by atoms with Crippen molar-refractivity contribution in [1.82, 2.24) is 4.90 Å². The summed E-state index contributed by atoms with van der Waals surface area (Å²) in [7, 11) is -3.29. The second-order valence-electron chi connectivity index (χ2n) is 3.99. The number of alkyl halides is 3. The van der Waals surface area contributed by atoms with Gasteiger partial charge in [-0.25, -0.2) is 8.42 Å². The van der Waals surface area contributed by atoms with Gasteiger partial charge in [0.05, 0.1) is 18.1 Å². The second-order valence-corrected chi connectivity index (χ2v) is 6.14. The normalized spacial score (nSPS) is 29.9. The molecule has 0 radical (unpaired) electrons. The fourth-order valence-electron chi connectivity index (χ4n) is 1.93. The first-order chi connectivity index (χ1) is 7.14. The molecular weight excluding hydrogens is 245 g/mol. The van der Waals surface area contributed by atoms with Crippen LogP contribution in [0, 0.1) is 0 Å². The van der Waals surface area contributed by atoms with Crippen molar-refractivity contribution < 1.29 is 21.6 Å². The van der Waals surface area contributed by atoms with E-state index in [1.54, 1.807) is 6.92 Å². The quantitative estimate of drug-likeness (QED) is 0.775. The van der Waals surface area contributed by atoms with Crippen molar-refractivity contribution in [2.24, 2.45) is 5.73 Å². The summed E-state index contributed by atoms with van der Waals surface area (Å²) in [5, 5.41) is 0. The Morgan fingerprint density at radius 1 is 1.38 bits per heavy atom. The molecule has 16 heavy (non-hydrogen) atoms. The number of rotatable bonds is 3. The predicted molar refractivity (Wildman–Crippen MR) is 53.7 cm³/mol. The molecule has 4 nitrogen and oxygen atoms in total. The van der Waals surface area contributed by atoms with E-state index in [0.717, 1.165) is 4.90 Å². The van der Waals surface area contributed by atoms with Crippen LogP contribution in [0.4, 0.5) is 13.2 Å². The smallest absolute Gasteiger partial charge is 0.325 e. The van der Waals surface area contributed by atoms with Gasteiger partial charge in [-0.2, -0.15) is 13.2 Å². The molecule has 0 aromatic heterocycles. The molecule has 2 unspecified atom stereocenters. The third-order valence-corrected chi connectivity index (χ3v) is 4.37. The highest BCUT2D eigenvalue weighted by Gasteiger charge is 2.42. The van der Waals surface area contributed by atoms with Gasteiger partial charge in [-0.05, 0) is 6.54 Å². The zero-order valence-corrected chi connectivity index (χ0v) is 9.68. The Kier molecular flexibility index (Phi) is 3.86. The molecule has 0 aromatic carbocycles. The van der Waals surface area contributed by atoms with Crippen LogP contribution in [0.2, 0.25) is 0 Å². The molecule has 0 saturated carbocycles. The summed E-state index contributed by atoms with van der Waals surface area (Å²) >= 11 is 0. The minimum absolute atomic E-state index is 0.132. The molecule has 1 aliphatic rings. The number of sulfone groups is 1. The molecule has 96 valence electrons. The Morgan fingerprint density at radius 2 is 1.94 bits per heavy atom. The maximum Gasteiger partial charge on any atom is 0.401 e. The molecule has 2 atom stereocenters. The Hall–Kier alpha value is -0.340. The van der Waals surface area contributed by atoms with Gasteiger partial charge in [0.15, 0.2) is 9.84 Å². The third kappa shape index (κ3) is 3.60. The van der Waals surface area contributed by atoms with Crippen LogP contribution in [0.15, 0.2) is 0 Å². The molecule has 0 bridgehead atoms. The lowest BCUT2D eigenvalue weighted by atomic mass is 10.1. The lowest BCUT2D eigenvalue weighted by molar-refractivity contribution is -0.149. The second kappa shape index (κ2) is 4.50. The lowest BCUT2D eigenvalue weighted by Gasteiger charge is -2.29. The average Bonchev–Trinajstić information content (AvgIpc) is 2.34. The number of halogens is 3. The summed E-state index contributed by atoms with van der Waals surface area (Å²) in [4.78, 5) is 1.08. The first-order valence-electron chi connectivity index (χ1n) is 4.91. The van der Waals surface area contributed by atoms with Crippen LogP contribution >= 0.6 is 0 Å². The van der Waals surface area contributed by atoms with E-state index in [9.17, 15) is 21.6 Å². The Morgan fingerprint density at radius 3 is 2.25 bits per heavy atom. The van der Waals surface area contributed by atoms with E-state index in [4.69, 9.17) is 5.73 Å². The average molecular weight is 260 g/mol. The largest absolute Gasteiger partial charge is 0.401 e. The molecule has 8 heteroatoms. The van der Waals surface area contributed by atoms with Crippen molar-refractivity contribution in [3.63, 3.8) is 0 Å². The van der Waals surface area contributed by atoms with Crippen molar-refractivity contribution in [1.29, 1.82) is 0 Å². The minimum atomic E-state index is -4.33. The summed E-state index contributed by atoms with van der Waals surface area (Å²) in [6.45, 7) is 0.578. The predicted octanol–water partition coefficient (Wildman–Crippen LogP) is -0.00510. The first-order valence-corrected chi connectivity index (χ1v) is 6.73. The molecule has 0 aromatic rings. The Labute approximate surface area is 92.5 Å². The summed E-state index contributed by atoms with van der Waals surface area (Å²) in [6.07, 6.45) is -4.33. The van der Waals surface area contributed by atoms with Gasteiger partial charge in [0.1, 0.15) is 0 Å². The van der Waals surface area contributed by atoms with Crippen molar-refractivity contribution in [3.8, 4) is 0 Å². The van der Waals surface area contributed by atoms with E-state index in [0.29, 0.717) is 0 Å². The fraction of sp³-hybridized carbons (Fsp3) is 1.00. The molecule has 1 heterocycles. The highest BCUT2D eigenvalue weighted by Crippen LogP contribution is 2.22. The van der Waals surface area contributed by atoms with E-state index in [1.165, 1.54) is 0 Å². The number of hydrogen-bond acceptors (Lipinski definition) is 4. The lowest BCUT2D eigenvalue weighted by Crippen LogP contribution is -2.50. The van der Waals surface area contributed by atoms with Gasteiger partial charge >= 0.3 is 6.18 Å². The molecule has 1 saturated heterocycles. The van der Waals surface area contributed by atoms with Crippen LogP contribution in [-0.2, 0) is 9.84 Å². The topological polar surface area (TPSA) is 63.4 Å². The van der Waals surface area contributed by atoms with Crippen molar-refractivity contribution >= 4 is 9.84 Å². The van der Waals surface area contributed by atoms with Crippen LogP contribution in [0.25, 0.3) is 0 Å². The van der Waals surface area contributed by atoms with E-state index in [1.807, 2.05) is 0 Å². The van der Waals surface area contributed by atoms with Gasteiger partial charge in [-0.3, -0.25) is 4.90 Å². The Bertz CT molecular complexity index is 342. The Balaban J connectivity index is 2.75. The van der Waals surface area contributed by atoms with Crippen LogP contribution in [0.1, 0.15) is 6.92 Å². The molecule has 1 rings (SSSR count). The van der Waals surface area contributed by atoms with Crippen LogP contribution < -0.4 is 5.73 Å². The number of nitrogens with two attached hydrogens (primary N) is 1. The van der Waals surface area contributed by atoms with Crippen molar-refractivity contribution in [3.05, 3.63) is 0 Å². The van der Waals surface area contributed by atoms with Gasteiger partial charge in [-0.15, -0.1) is 0 Å². The molecule has 0 amide bonds. The van der Waals surface area contributed by atoms with Gasteiger partial charge in [0.2, 0.25) is 0 Å². The van der Waals surface area contributed by atoms with Crippen LogP contribution in [-0.4, -0.2) is 56.2 Å². The summed E-state index contributed by atoms with van der Waals surface area (Å²) in [6, 6.07) is -1.45. The molecule has 1 aliphatic heterocycles. The number of nitrogens with zero attached hydrogens (tertiary/aromatic N) is 1. The summed E-state index contributed by atoms with van der Waals surface area (Å²) in [5.74, 6) is -0.510. The fourth-order valence-corrected chi connectivity index (χ4v) is 3.85. The van der Waals surface area contributed by atoms with Gasteiger partial charge < -0.3 is 5.73 Å². The van der Waals surface area contributed by atoms with Gasteiger partial charge in [0, 0.05) is 12.1 Å². The monoisotopic (exact) mass is 260 g/mol. The summed E-state index contributed by atoms with van der Waals surface area (Å²) < 4.78 is 59.2. The van der Waals surface area contributed by atoms with Crippen molar-refractivity contribution in [2.75, 3.05) is 24.6 Å². The maximum absolute atomic E-state index is 12.2. The van der Waals surface area contributed by atoms with Crippen LogP contribution in [0.5, 0.6) is 0 Å².